The molecule has 2 rings (SSSR count). The number of carbonyl (C=O) groups excluding carboxylic acids is 2. The topological polar surface area (TPSA) is 69.6 Å². The first-order valence-corrected chi connectivity index (χ1v) is 8.12. The van der Waals surface area contributed by atoms with Gasteiger partial charge in [-0.3, -0.25) is 9.59 Å². The molecule has 0 spiro atoms. The fourth-order valence-corrected chi connectivity index (χ4v) is 2.75. The van der Waals surface area contributed by atoms with Crippen molar-refractivity contribution in [3.8, 4) is 5.75 Å². The zero-order chi connectivity index (χ0) is 17.0. The van der Waals surface area contributed by atoms with Crippen LogP contribution in [0.5, 0.6) is 5.75 Å². The van der Waals surface area contributed by atoms with Gasteiger partial charge >= 0.3 is 0 Å². The molecule has 5 heteroatoms. The highest BCUT2D eigenvalue weighted by molar-refractivity contribution is 5.94. The van der Waals surface area contributed by atoms with Crippen LogP contribution in [0.1, 0.15) is 50.4 Å². The second-order valence-corrected chi connectivity index (χ2v) is 7.42. The highest BCUT2D eigenvalue weighted by Crippen LogP contribution is 2.22. The lowest BCUT2D eigenvalue weighted by molar-refractivity contribution is -0.134. The summed E-state index contributed by atoms with van der Waals surface area (Å²) in [6, 6.07) is 6.39. The van der Waals surface area contributed by atoms with Crippen LogP contribution in [0.4, 0.5) is 0 Å². The molecule has 1 aliphatic rings. The first-order chi connectivity index (χ1) is 10.7. The zero-order valence-corrected chi connectivity index (χ0v) is 14.1. The average molecular weight is 318 g/mol. The van der Waals surface area contributed by atoms with Gasteiger partial charge in [0.2, 0.25) is 5.91 Å². The van der Waals surface area contributed by atoms with E-state index in [1.807, 2.05) is 4.90 Å². The summed E-state index contributed by atoms with van der Waals surface area (Å²) in [4.78, 5) is 26.3. The Hall–Kier alpha value is -2.04. The number of nitrogens with zero attached hydrogens (tertiary/aromatic N) is 1. The Morgan fingerprint density at radius 2 is 1.91 bits per heavy atom. The maximum Gasteiger partial charge on any atom is 0.251 e. The van der Waals surface area contributed by atoms with Gasteiger partial charge in [0.15, 0.2) is 0 Å². The minimum atomic E-state index is -0.180. The van der Waals surface area contributed by atoms with E-state index in [9.17, 15) is 14.7 Å². The number of carbonyl (C=O) groups is 2. The van der Waals surface area contributed by atoms with Crippen molar-refractivity contribution in [2.24, 2.45) is 5.41 Å². The SMILES string of the molecule is CC(C)(C)CC(=O)N1CCC(NC(=O)c2cccc(O)c2)CC1. The number of amides is 2. The van der Waals surface area contributed by atoms with Crippen LogP contribution in [0.3, 0.4) is 0 Å². The van der Waals surface area contributed by atoms with Crippen molar-refractivity contribution in [1.82, 2.24) is 10.2 Å². The molecular weight excluding hydrogens is 292 g/mol. The van der Waals surface area contributed by atoms with E-state index in [1.54, 1.807) is 12.1 Å². The van der Waals surface area contributed by atoms with Crippen LogP contribution in [0.25, 0.3) is 0 Å². The number of benzene rings is 1. The van der Waals surface area contributed by atoms with E-state index in [1.165, 1.54) is 12.1 Å². The number of likely N-dealkylation sites (tertiary alicyclic amines) is 1. The molecule has 0 aliphatic carbocycles. The van der Waals surface area contributed by atoms with Gasteiger partial charge in [-0.15, -0.1) is 0 Å². The van der Waals surface area contributed by atoms with E-state index >= 15 is 0 Å². The van der Waals surface area contributed by atoms with Crippen LogP contribution in [-0.2, 0) is 4.79 Å². The molecule has 2 amide bonds. The molecule has 0 atom stereocenters. The van der Waals surface area contributed by atoms with Crippen molar-refractivity contribution >= 4 is 11.8 Å². The van der Waals surface area contributed by atoms with Crippen molar-refractivity contribution in [1.29, 1.82) is 0 Å². The molecule has 1 aromatic rings. The van der Waals surface area contributed by atoms with Crippen LogP contribution >= 0.6 is 0 Å². The summed E-state index contributed by atoms with van der Waals surface area (Å²) >= 11 is 0. The summed E-state index contributed by atoms with van der Waals surface area (Å²) in [5.41, 5.74) is 0.452. The molecule has 5 nitrogen and oxygen atoms in total. The van der Waals surface area contributed by atoms with Crippen LogP contribution in [0.15, 0.2) is 24.3 Å². The number of aromatic hydroxyl groups is 1. The summed E-state index contributed by atoms with van der Waals surface area (Å²) in [6.07, 6.45) is 2.08. The van der Waals surface area contributed by atoms with E-state index in [2.05, 4.69) is 26.1 Å². The Kier molecular flexibility index (Phi) is 5.29. The first-order valence-electron chi connectivity index (χ1n) is 8.12. The van der Waals surface area contributed by atoms with Crippen LogP contribution in [-0.4, -0.2) is 41.0 Å². The monoisotopic (exact) mass is 318 g/mol. The van der Waals surface area contributed by atoms with Crippen molar-refractivity contribution < 1.29 is 14.7 Å². The molecule has 126 valence electrons. The van der Waals surface area contributed by atoms with Gasteiger partial charge in [0.25, 0.3) is 5.91 Å². The van der Waals surface area contributed by atoms with Crippen molar-refractivity contribution in [3.63, 3.8) is 0 Å². The lowest BCUT2D eigenvalue weighted by atomic mass is 9.91. The van der Waals surface area contributed by atoms with E-state index in [0.29, 0.717) is 25.1 Å². The summed E-state index contributed by atoms with van der Waals surface area (Å²) in [5, 5.41) is 12.4. The Morgan fingerprint density at radius 3 is 2.48 bits per heavy atom. The molecule has 1 aliphatic heterocycles. The van der Waals surface area contributed by atoms with Crippen LogP contribution < -0.4 is 5.32 Å². The van der Waals surface area contributed by atoms with Gasteiger partial charge in [-0.1, -0.05) is 26.8 Å². The van der Waals surface area contributed by atoms with Crippen molar-refractivity contribution in [3.05, 3.63) is 29.8 Å². The third kappa shape index (κ3) is 5.27. The maximum atomic E-state index is 12.2. The average Bonchev–Trinajstić information content (AvgIpc) is 2.46. The Morgan fingerprint density at radius 1 is 1.26 bits per heavy atom. The molecule has 1 aromatic carbocycles. The van der Waals surface area contributed by atoms with Gasteiger partial charge in [-0.25, -0.2) is 0 Å². The number of hydrogen-bond donors (Lipinski definition) is 2. The second kappa shape index (κ2) is 7.02. The Labute approximate surface area is 137 Å². The molecule has 0 saturated carbocycles. The third-order valence-electron chi connectivity index (χ3n) is 3.97. The number of hydrogen-bond acceptors (Lipinski definition) is 3. The van der Waals surface area contributed by atoms with Crippen molar-refractivity contribution in [2.45, 2.75) is 46.1 Å². The molecule has 1 fully saturated rings. The predicted octanol–water partition coefficient (Wildman–Crippen LogP) is 2.55. The van der Waals surface area contributed by atoms with E-state index in [0.717, 1.165) is 12.8 Å². The smallest absolute Gasteiger partial charge is 0.251 e. The number of phenolic OH excluding ortho intramolecular Hbond substituents is 1. The summed E-state index contributed by atoms with van der Waals surface area (Å²) in [5.74, 6) is 0.0934. The predicted molar refractivity (Wildman–Crippen MR) is 89.2 cm³/mol. The fourth-order valence-electron chi connectivity index (χ4n) is 2.75. The number of rotatable bonds is 3. The lowest BCUT2D eigenvalue weighted by Crippen LogP contribution is -2.47. The minimum Gasteiger partial charge on any atom is -0.508 e. The van der Waals surface area contributed by atoms with Gasteiger partial charge in [0.05, 0.1) is 0 Å². The molecule has 0 bridgehead atoms. The highest BCUT2D eigenvalue weighted by Gasteiger charge is 2.26. The van der Waals surface area contributed by atoms with Gasteiger partial charge in [-0.2, -0.15) is 0 Å². The van der Waals surface area contributed by atoms with E-state index < -0.39 is 0 Å². The Balaban J connectivity index is 1.83. The summed E-state index contributed by atoms with van der Waals surface area (Å²) in [6.45, 7) is 7.55. The highest BCUT2D eigenvalue weighted by atomic mass is 16.3. The fraction of sp³-hybridized carbons (Fsp3) is 0.556. The van der Waals surface area contributed by atoms with Gasteiger partial charge < -0.3 is 15.3 Å². The molecule has 1 heterocycles. The number of nitrogens with one attached hydrogen (secondary N) is 1. The first kappa shape index (κ1) is 17.3. The van der Waals surface area contributed by atoms with E-state index in [-0.39, 0.29) is 29.0 Å². The zero-order valence-electron chi connectivity index (χ0n) is 14.1. The molecule has 0 radical (unpaired) electrons. The Bertz CT molecular complexity index is 570. The summed E-state index contributed by atoms with van der Waals surface area (Å²) in [7, 11) is 0. The normalized spacial score (nSPS) is 16.2. The summed E-state index contributed by atoms with van der Waals surface area (Å²) < 4.78 is 0. The van der Waals surface area contributed by atoms with Crippen LogP contribution in [0.2, 0.25) is 0 Å². The molecule has 0 aromatic heterocycles. The third-order valence-corrected chi connectivity index (χ3v) is 3.97. The standard InChI is InChI=1S/C18H26N2O3/c1-18(2,3)12-16(22)20-9-7-14(8-10-20)19-17(23)13-5-4-6-15(21)11-13/h4-6,11,14,21H,7-10,12H2,1-3H3,(H,19,23). The van der Waals surface area contributed by atoms with E-state index in [4.69, 9.17) is 0 Å². The maximum absolute atomic E-state index is 12.2. The quantitative estimate of drug-likeness (QED) is 0.900. The van der Waals surface area contributed by atoms with Crippen LogP contribution in [0, 0.1) is 5.41 Å². The van der Waals surface area contributed by atoms with Crippen molar-refractivity contribution in [2.75, 3.05) is 13.1 Å². The minimum absolute atomic E-state index is 0.00252. The van der Waals surface area contributed by atoms with Gasteiger partial charge in [-0.05, 0) is 36.5 Å². The van der Waals surface area contributed by atoms with Gasteiger partial charge in [0, 0.05) is 31.1 Å². The largest absolute Gasteiger partial charge is 0.508 e. The molecule has 0 unspecified atom stereocenters. The molecule has 23 heavy (non-hydrogen) atoms. The number of piperidine rings is 1. The second-order valence-electron chi connectivity index (χ2n) is 7.42. The molecular formula is C18H26N2O3. The van der Waals surface area contributed by atoms with Gasteiger partial charge in [0.1, 0.15) is 5.75 Å². The number of phenols is 1. The lowest BCUT2D eigenvalue weighted by Gasteiger charge is -2.34. The molecule has 2 N–H and O–H groups in total. The molecule has 1 saturated heterocycles.